The van der Waals surface area contributed by atoms with E-state index in [1.54, 1.807) is 24.3 Å². The number of allylic oxidation sites excluding steroid dienone is 1. The monoisotopic (exact) mass is 540 g/mol. The Balaban J connectivity index is 1.34. The van der Waals surface area contributed by atoms with Crippen LogP contribution in [0.25, 0.3) is 11.8 Å². The number of fused-ring (bicyclic) bond motifs is 3. The van der Waals surface area contributed by atoms with Crippen molar-refractivity contribution in [3.05, 3.63) is 151 Å². The first-order valence-corrected chi connectivity index (χ1v) is 14.0. The normalized spacial score (nSPS) is 16.4. The Bertz CT molecular complexity index is 1990. The van der Waals surface area contributed by atoms with Gasteiger partial charge in [0.1, 0.15) is 5.75 Å². The Labute approximate surface area is 234 Å². The number of hydrogen-bond donors (Lipinski definition) is 1. The molecule has 0 saturated carbocycles. The minimum absolute atomic E-state index is 0.0307. The lowest BCUT2D eigenvalue weighted by Gasteiger charge is -2.30. The highest BCUT2D eigenvalue weighted by atomic mass is 32.1. The summed E-state index contributed by atoms with van der Waals surface area (Å²) in [5.74, 6) is 0.0307. The summed E-state index contributed by atoms with van der Waals surface area (Å²) in [7, 11) is 0. The van der Waals surface area contributed by atoms with Gasteiger partial charge in [0.25, 0.3) is 5.56 Å². The summed E-state index contributed by atoms with van der Waals surface area (Å²) in [5.41, 5.74) is 7.29. The number of phenols is 1. The van der Waals surface area contributed by atoms with E-state index in [2.05, 4.69) is 40.6 Å². The molecule has 2 aliphatic rings. The summed E-state index contributed by atoms with van der Waals surface area (Å²) in [4.78, 5) is 19.6. The summed E-state index contributed by atoms with van der Waals surface area (Å²) in [6.07, 6.45) is 3.50. The number of thiazole rings is 1. The van der Waals surface area contributed by atoms with Crippen molar-refractivity contribution in [3.63, 3.8) is 0 Å². The van der Waals surface area contributed by atoms with E-state index in [0.29, 0.717) is 20.6 Å². The standard InChI is InChI=1S/C33H24N4O2S/c38-28-20-25(36-35-24-12-5-2-6-13-24)17-15-23(28)19-29-32(39)37-31(22-10-3-1-4-11-22)27-18-16-21-9-7-8-14-26(21)30(27)34-33(37)40-29/h1-15,17,19-20,31,38H,16,18H2/b29-19-,36-35?/t31-/m0/s1. The molecule has 0 fully saturated rings. The smallest absolute Gasteiger partial charge is 0.271 e. The molecule has 7 heteroatoms. The minimum Gasteiger partial charge on any atom is -0.507 e. The van der Waals surface area contributed by atoms with Gasteiger partial charge in [-0.25, -0.2) is 4.99 Å². The number of aromatic nitrogens is 1. The number of aromatic hydroxyl groups is 1. The van der Waals surface area contributed by atoms with E-state index in [0.717, 1.165) is 35.4 Å². The number of azo groups is 1. The van der Waals surface area contributed by atoms with Crippen molar-refractivity contribution in [2.75, 3.05) is 0 Å². The highest BCUT2D eigenvalue weighted by Crippen LogP contribution is 2.41. The molecule has 0 unspecified atom stereocenters. The van der Waals surface area contributed by atoms with Crippen LogP contribution in [0.5, 0.6) is 5.75 Å². The molecule has 1 aromatic heterocycles. The zero-order valence-electron chi connectivity index (χ0n) is 21.4. The molecule has 0 radical (unpaired) electrons. The van der Waals surface area contributed by atoms with E-state index in [9.17, 15) is 9.90 Å². The van der Waals surface area contributed by atoms with Crippen molar-refractivity contribution in [2.24, 2.45) is 15.2 Å². The van der Waals surface area contributed by atoms with E-state index in [1.165, 1.54) is 22.5 Å². The Kier molecular flexibility index (Phi) is 6.06. The summed E-state index contributed by atoms with van der Waals surface area (Å²) in [6, 6.07) is 32.8. The lowest BCUT2D eigenvalue weighted by molar-refractivity contribution is 0.474. The van der Waals surface area contributed by atoms with Gasteiger partial charge in [-0.2, -0.15) is 10.2 Å². The number of nitrogens with zero attached hydrogens (tertiary/aromatic N) is 4. The van der Waals surface area contributed by atoms with Crippen LogP contribution in [0.15, 0.2) is 129 Å². The van der Waals surface area contributed by atoms with Crippen LogP contribution in [-0.4, -0.2) is 9.67 Å². The molecule has 5 aromatic rings. The highest BCUT2D eigenvalue weighted by molar-refractivity contribution is 7.07. The topological polar surface area (TPSA) is 79.3 Å². The Morgan fingerprint density at radius 2 is 1.57 bits per heavy atom. The van der Waals surface area contributed by atoms with Gasteiger partial charge in [-0.05, 0) is 59.9 Å². The first kappa shape index (κ1) is 24.2. The van der Waals surface area contributed by atoms with Crippen LogP contribution in [0.3, 0.4) is 0 Å². The highest BCUT2D eigenvalue weighted by Gasteiger charge is 2.32. The van der Waals surface area contributed by atoms with Gasteiger partial charge in [0.2, 0.25) is 0 Å². The SMILES string of the molecule is O=c1/c(=C/c2ccc(N=Nc3ccccc3)cc2O)sc2n1[C@@H](c1ccccc1)C1=C(N=2)c2ccccc2CC1. The molecule has 0 amide bonds. The fourth-order valence-electron chi connectivity index (χ4n) is 5.43. The number of hydrogen-bond acceptors (Lipinski definition) is 6. The summed E-state index contributed by atoms with van der Waals surface area (Å²) in [6.45, 7) is 0. The van der Waals surface area contributed by atoms with Gasteiger partial charge in [-0.15, -0.1) is 0 Å². The van der Waals surface area contributed by atoms with Crippen LogP contribution in [-0.2, 0) is 6.42 Å². The maximum absolute atomic E-state index is 13.9. The van der Waals surface area contributed by atoms with Gasteiger partial charge >= 0.3 is 0 Å². The third-order valence-electron chi connectivity index (χ3n) is 7.33. The van der Waals surface area contributed by atoms with Crippen molar-refractivity contribution < 1.29 is 5.11 Å². The van der Waals surface area contributed by atoms with E-state index in [-0.39, 0.29) is 17.4 Å². The molecular formula is C33H24N4O2S. The van der Waals surface area contributed by atoms with Gasteiger partial charge in [0.15, 0.2) is 4.80 Å². The lowest BCUT2D eigenvalue weighted by Crippen LogP contribution is -2.38. The molecule has 4 aromatic carbocycles. The summed E-state index contributed by atoms with van der Waals surface area (Å²) < 4.78 is 2.33. The van der Waals surface area contributed by atoms with Crippen molar-refractivity contribution in [1.82, 2.24) is 4.57 Å². The summed E-state index contributed by atoms with van der Waals surface area (Å²) in [5, 5.41) is 19.2. The molecular weight excluding hydrogens is 516 g/mol. The Hall–Kier alpha value is -4.88. The summed E-state index contributed by atoms with van der Waals surface area (Å²) >= 11 is 1.35. The number of benzene rings is 4. The van der Waals surface area contributed by atoms with Gasteiger partial charge in [-0.1, -0.05) is 84.1 Å². The van der Waals surface area contributed by atoms with E-state index in [1.807, 2.05) is 59.2 Å². The zero-order valence-corrected chi connectivity index (χ0v) is 22.3. The Morgan fingerprint density at radius 1 is 0.850 bits per heavy atom. The lowest BCUT2D eigenvalue weighted by atomic mass is 9.83. The molecule has 2 heterocycles. The molecule has 40 heavy (non-hydrogen) atoms. The second-order valence-electron chi connectivity index (χ2n) is 9.80. The van der Waals surface area contributed by atoms with E-state index in [4.69, 9.17) is 4.99 Å². The first-order valence-electron chi connectivity index (χ1n) is 13.1. The predicted molar refractivity (Wildman–Crippen MR) is 158 cm³/mol. The van der Waals surface area contributed by atoms with Crippen molar-refractivity contribution >= 4 is 34.5 Å². The van der Waals surface area contributed by atoms with Gasteiger partial charge in [-0.3, -0.25) is 9.36 Å². The van der Waals surface area contributed by atoms with Crippen LogP contribution in [0.2, 0.25) is 0 Å². The molecule has 6 nitrogen and oxygen atoms in total. The van der Waals surface area contributed by atoms with Gasteiger partial charge in [0, 0.05) is 17.2 Å². The molecule has 1 aliphatic heterocycles. The molecule has 7 rings (SSSR count). The second kappa shape index (κ2) is 10.0. The zero-order chi connectivity index (χ0) is 27.1. The molecule has 1 aliphatic carbocycles. The van der Waals surface area contributed by atoms with Crippen LogP contribution >= 0.6 is 11.3 Å². The van der Waals surface area contributed by atoms with Gasteiger partial charge < -0.3 is 5.11 Å². The van der Waals surface area contributed by atoms with Crippen LogP contribution in [0.1, 0.15) is 34.7 Å². The van der Waals surface area contributed by atoms with Crippen LogP contribution in [0.4, 0.5) is 11.4 Å². The third kappa shape index (κ3) is 4.30. The van der Waals surface area contributed by atoms with Crippen molar-refractivity contribution in [1.29, 1.82) is 0 Å². The molecule has 0 saturated heterocycles. The first-order chi connectivity index (χ1) is 19.7. The molecule has 1 atom stereocenters. The van der Waals surface area contributed by atoms with Crippen LogP contribution < -0.4 is 14.9 Å². The third-order valence-corrected chi connectivity index (χ3v) is 8.31. The Morgan fingerprint density at radius 3 is 2.38 bits per heavy atom. The average molecular weight is 541 g/mol. The predicted octanol–water partition coefficient (Wildman–Crippen LogP) is 6.44. The molecule has 194 valence electrons. The average Bonchev–Trinajstić information content (AvgIpc) is 3.31. The number of aryl methyl sites for hydroxylation is 1. The number of phenolic OH excluding ortho intramolecular Hbond substituents is 1. The fourth-order valence-corrected chi connectivity index (χ4v) is 6.42. The quantitative estimate of drug-likeness (QED) is 0.266. The van der Waals surface area contributed by atoms with Crippen LogP contribution in [0, 0.1) is 0 Å². The van der Waals surface area contributed by atoms with E-state index >= 15 is 0 Å². The fraction of sp³-hybridized carbons (Fsp3) is 0.0909. The molecule has 1 N–H and O–H groups in total. The number of rotatable bonds is 4. The van der Waals surface area contributed by atoms with Gasteiger partial charge in [0.05, 0.1) is 27.6 Å². The molecule has 0 bridgehead atoms. The maximum Gasteiger partial charge on any atom is 0.271 e. The van der Waals surface area contributed by atoms with E-state index < -0.39 is 0 Å². The second-order valence-corrected chi connectivity index (χ2v) is 10.8. The largest absolute Gasteiger partial charge is 0.507 e. The maximum atomic E-state index is 13.9. The van der Waals surface area contributed by atoms with Crippen molar-refractivity contribution in [3.8, 4) is 5.75 Å². The minimum atomic E-state index is -0.225. The molecule has 0 spiro atoms. The van der Waals surface area contributed by atoms with Crippen molar-refractivity contribution in [2.45, 2.75) is 18.9 Å².